The van der Waals surface area contributed by atoms with Crippen molar-refractivity contribution in [2.24, 2.45) is 0 Å². The second kappa shape index (κ2) is 6.11. The van der Waals surface area contributed by atoms with Gasteiger partial charge in [-0.25, -0.2) is 9.36 Å². The normalized spacial score (nSPS) is 11.8. The van der Waals surface area contributed by atoms with Crippen LogP contribution in [-0.4, -0.2) is 15.7 Å². The highest BCUT2D eigenvalue weighted by atomic mass is 35.5. The molecule has 2 rings (SSSR count). The zero-order chi connectivity index (χ0) is 17.4. The number of aromatic nitrogens is 2. The molecule has 0 aliphatic carbocycles. The van der Waals surface area contributed by atoms with Crippen LogP contribution in [0.5, 0.6) is 5.75 Å². The Morgan fingerprint density at radius 3 is 2.39 bits per heavy atom. The van der Waals surface area contributed by atoms with Crippen molar-refractivity contribution in [2.75, 3.05) is 0 Å². The van der Waals surface area contributed by atoms with Crippen molar-refractivity contribution in [3.8, 4) is 11.4 Å². The summed E-state index contributed by atoms with van der Waals surface area (Å²) in [5.74, 6) is 0.213. The molecule has 124 valence electrons. The number of alkyl halides is 3. The summed E-state index contributed by atoms with van der Waals surface area (Å²) in [6, 6.07) is 4.35. The fourth-order valence-electron chi connectivity index (χ4n) is 1.87. The van der Waals surface area contributed by atoms with E-state index in [4.69, 9.17) is 16.3 Å². The molecule has 5 nitrogen and oxygen atoms in total. The summed E-state index contributed by atoms with van der Waals surface area (Å²) < 4.78 is 43.8. The smallest absolute Gasteiger partial charge is 0.431 e. The number of ether oxygens (including phenoxy) is 1. The lowest BCUT2D eigenvalue weighted by Gasteiger charge is -2.13. The quantitative estimate of drug-likeness (QED) is 0.927. The highest BCUT2D eigenvalue weighted by Gasteiger charge is 2.33. The molecule has 0 atom stereocenters. The second-order valence-electron chi connectivity index (χ2n) is 4.94. The van der Waals surface area contributed by atoms with Crippen molar-refractivity contribution in [3.63, 3.8) is 0 Å². The van der Waals surface area contributed by atoms with E-state index < -0.39 is 23.1 Å². The van der Waals surface area contributed by atoms with Gasteiger partial charge in [0, 0.05) is 12.1 Å². The summed E-state index contributed by atoms with van der Waals surface area (Å²) in [5, 5.41) is 0.249. The number of rotatable bonds is 3. The average Bonchev–Trinajstić information content (AvgIpc) is 2.39. The molecule has 0 spiro atoms. The molecule has 0 unspecified atom stereocenters. The van der Waals surface area contributed by atoms with Gasteiger partial charge in [0.05, 0.1) is 16.8 Å². The number of hydrogen-bond donors (Lipinski definition) is 1. The Labute approximate surface area is 133 Å². The van der Waals surface area contributed by atoms with E-state index in [2.05, 4.69) is 0 Å². The molecular weight excluding hydrogens is 337 g/mol. The zero-order valence-electron chi connectivity index (χ0n) is 12.1. The van der Waals surface area contributed by atoms with Gasteiger partial charge in [0.15, 0.2) is 0 Å². The summed E-state index contributed by atoms with van der Waals surface area (Å²) in [6.07, 6.45) is -5.03. The van der Waals surface area contributed by atoms with Crippen LogP contribution in [0.4, 0.5) is 13.2 Å². The molecule has 1 heterocycles. The average molecular weight is 349 g/mol. The van der Waals surface area contributed by atoms with Gasteiger partial charge >= 0.3 is 11.9 Å². The van der Waals surface area contributed by atoms with Gasteiger partial charge in [0.1, 0.15) is 11.4 Å². The molecule has 0 aliphatic heterocycles. The number of hydrogen-bond acceptors (Lipinski definition) is 3. The first kappa shape index (κ1) is 17.1. The molecule has 1 aromatic carbocycles. The van der Waals surface area contributed by atoms with E-state index >= 15 is 0 Å². The molecule has 1 aromatic heterocycles. The third-order valence-electron chi connectivity index (χ3n) is 2.77. The third kappa shape index (κ3) is 3.76. The maximum atomic E-state index is 12.6. The van der Waals surface area contributed by atoms with E-state index in [1.54, 1.807) is 18.8 Å². The van der Waals surface area contributed by atoms with Crippen LogP contribution in [0.2, 0.25) is 5.02 Å². The van der Waals surface area contributed by atoms with Crippen molar-refractivity contribution in [3.05, 3.63) is 55.8 Å². The molecule has 0 amide bonds. The number of H-pyrrole nitrogens is 1. The van der Waals surface area contributed by atoms with E-state index in [0.717, 1.165) is 0 Å². The van der Waals surface area contributed by atoms with Gasteiger partial charge in [-0.05, 0) is 26.0 Å². The van der Waals surface area contributed by atoms with Gasteiger partial charge in [0.25, 0.3) is 5.56 Å². The van der Waals surface area contributed by atoms with Crippen molar-refractivity contribution in [1.29, 1.82) is 0 Å². The molecular formula is C14H12ClF3N2O3. The van der Waals surface area contributed by atoms with Crippen LogP contribution in [-0.2, 0) is 6.18 Å². The molecule has 0 radical (unpaired) electrons. The number of halogens is 4. The van der Waals surface area contributed by atoms with Crippen molar-refractivity contribution >= 4 is 11.6 Å². The summed E-state index contributed by atoms with van der Waals surface area (Å²) in [6.45, 7) is 3.50. The Bertz CT molecular complexity index is 809. The minimum Gasteiger partial charge on any atom is -0.489 e. The number of aromatic amines is 1. The molecule has 0 bridgehead atoms. The Balaban J connectivity index is 2.60. The summed E-state index contributed by atoms with van der Waals surface area (Å²) >= 11 is 5.95. The lowest BCUT2D eigenvalue weighted by Crippen LogP contribution is -2.35. The highest BCUT2D eigenvalue weighted by molar-refractivity contribution is 6.32. The van der Waals surface area contributed by atoms with Crippen molar-refractivity contribution in [1.82, 2.24) is 9.55 Å². The second-order valence-corrected chi connectivity index (χ2v) is 5.35. The molecule has 0 fully saturated rings. The minimum absolute atomic E-state index is 0.0463. The Morgan fingerprint density at radius 1 is 1.22 bits per heavy atom. The fraction of sp³-hybridized carbons (Fsp3) is 0.286. The molecule has 9 heteroatoms. The monoisotopic (exact) mass is 348 g/mol. The van der Waals surface area contributed by atoms with Crippen LogP contribution in [0.3, 0.4) is 0 Å². The van der Waals surface area contributed by atoms with Gasteiger partial charge in [-0.3, -0.25) is 4.79 Å². The molecule has 23 heavy (non-hydrogen) atoms. The number of benzene rings is 1. The number of nitrogens with zero attached hydrogens (tertiary/aromatic N) is 1. The highest BCUT2D eigenvalue weighted by Crippen LogP contribution is 2.28. The SMILES string of the molecule is CC(C)Oc1cc(-n2c(=O)cc(C(F)(F)F)[nH]c2=O)ccc1Cl. The van der Waals surface area contributed by atoms with E-state index in [-0.39, 0.29) is 22.6 Å². The molecule has 0 saturated heterocycles. The fourth-order valence-corrected chi connectivity index (χ4v) is 2.03. The van der Waals surface area contributed by atoms with Gasteiger partial charge in [-0.15, -0.1) is 0 Å². The van der Waals surface area contributed by atoms with Crippen molar-refractivity contribution in [2.45, 2.75) is 26.1 Å². The standard InChI is InChI=1S/C14H12ClF3N2O3/c1-7(2)23-10-5-8(3-4-9(10)15)20-12(21)6-11(14(16,17)18)19-13(20)22/h3-7H,1-2H3,(H,19,22). The van der Waals surface area contributed by atoms with E-state index in [9.17, 15) is 22.8 Å². The van der Waals surface area contributed by atoms with Gasteiger partial charge in [0.2, 0.25) is 0 Å². The van der Waals surface area contributed by atoms with Gasteiger partial charge in [-0.2, -0.15) is 13.2 Å². The third-order valence-corrected chi connectivity index (χ3v) is 3.09. The van der Waals surface area contributed by atoms with E-state index in [1.165, 1.54) is 18.2 Å². The van der Waals surface area contributed by atoms with Crippen molar-refractivity contribution < 1.29 is 17.9 Å². The summed E-state index contributed by atoms with van der Waals surface area (Å²) in [5.41, 5.74) is -3.68. The van der Waals surface area contributed by atoms with Crippen LogP contribution in [0, 0.1) is 0 Å². The maximum absolute atomic E-state index is 12.6. The summed E-state index contributed by atoms with van der Waals surface area (Å²) in [4.78, 5) is 25.4. The molecule has 0 aliphatic rings. The van der Waals surface area contributed by atoms with Crippen LogP contribution in [0.25, 0.3) is 5.69 Å². The maximum Gasteiger partial charge on any atom is 0.431 e. The Hall–Kier alpha value is -2.22. The Kier molecular flexibility index (Phi) is 4.56. The molecule has 1 N–H and O–H groups in total. The summed E-state index contributed by atoms with van der Waals surface area (Å²) in [7, 11) is 0. The lowest BCUT2D eigenvalue weighted by atomic mass is 10.3. The van der Waals surface area contributed by atoms with E-state index in [1.807, 2.05) is 0 Å². The zero-order valence-corrected chi connectivity index (χ0v) is 12.8. The number of nitrogens with one attached hydrogen (secondary N) is 1. The Morgan fingerprint density at radius 2 is 1.87 bits per heavy atom. The predicted molar refractivity (Wildman–Crippen MR) is 78.4 cm³/mol. The first-order valence-corrected chi connectivity index (χ1v) is 6.87. The topological polar surface area (TPSA) is 64.1 Å². The predicted octanol–water partition coefficient (Wildman–Crippen LogP) is 2.99. The van der Waals surface area contributed by atoms with Crippen LogP contribution >= 0.6 is 11.6 Å². The van der Waals surface area contributed by atoms with Gasteiger partial charge < -0.3 is 9.72 Å². The van der Waals surface area contributed by atoms with Crippen LogP contribution in [0.1, 0.15) is 19.5 Å². The van der Waals surface area contributed by atoms with Gasteiger partial charge in [-0.1, -0.05) is 11.6 Å². The minimum atomic E-state index is -4.82. The lowest BCUT2D eigenvalue weighted by molar-refractivity contribution is -0.141. The first-order chi connectivity index (χ1) is 10.6. The largest absolute Gasteiger partial charge is 0.489 e. The molecule has 2 aromatic rings. The first-order valence-electron chi connectivity index (χ1n) is 6.49. The molecule has 0 saturated carbocycles. The van der Waals surface area contributed by atoms with Crippen LogP contribution < -0.4 is 16.0 Å². The van der Waals surface area contributed by atoms with Crippen LogP contribution in [0.15, 0.2) is 33.9 Å². The van der Waals surface area contributed by atoms with E-state index in [0.29, 0.717) is 10.6 Å².